The molecule has 0 spiro atoms. The maximum atomic E-state index is 11.8. The molecular weight excluding hydrogens is 324 g/mol. The van der Waals surface area contributed by atoms with Gasteiger partial charge in [-0.25, -0.2) is 0 Å². The van der Waals surface area contributed by atoms with Gasteiger partial charge in [0, 0.05) is 15.2 Å². The first-order valence-corrected chi connectivity index (χ1v) is 6.38. The Morgan fingerprint density at radius 2 is 2.20 bits per heavy atom. The van der Waals surface area contributed by atoms with Crippen molar-refractivity contribution < 1.29 is 4.79 Å². The molecule has 0 atom stereocenters. The Bertz CT molecular complexity index is 390. The van der Waals surface area contributed by atoms with Gasteiger partial charge in [-0.05, 0) is 60.1 Å². The number of rotatable bonds is 2. The Morgan fingerprint density at radius 3 is 2.73 bits per heavy atom. The number of hydrogen-bond donors (Lipinski definition) is 1. The van der Waals surface area contributed by atoms with Crippen LogP contribution in [0.15, 0.2) is 18.2 Å². The van der Waals surface area contributed by atoms with Gasteiger partial charge < -0.3 is 5.32 Å². The molecule has 0 heterocycles. The fourth-order valence-corrected chi connectivity index (χ4v) is 2.09. The highest BCUT2D eigenvalue weighted by atomic mass is 127. The molecule has 0 unspecified atom stereocenters. The van der Waals surface area contributed by atoms with Crippen molar-refractivity contribution in [3.8, 4) is 0 Å². The van der Waals surface area contributed by atoms with E-state index < -0.39 is 0 Å². The minimum atomic E-state index is 0.00860. The standard InChI is InChI=1S/C11H11ClINO/c12-9-5-4-7(6-10(9)13)11(15)14-8-2-1-3-8/h4-6,8H,1-3H2,(H,14,15). The van der Waals surface area contributed by atoms with Crippen LogP contribution < -0.4 is 5.32 Å². The summed E-state index contributed by atoms with van der Waals surface area (Å²) in [6.45, 7) is 0. The summed E-state index contributed by atoms with van der Waals surface area (Å²) in [5.41, 5.74) is 0.690. The van der Waals surface area contributed by atoms with Crippen LogP contribution in [0.2, 0.25) is 5.02 Å². The van der Waals surface area contributed by atoms with Crippen LogP contribution in [0.5, 0.6) is 0 Å². The Morgan fingerprint density at radius 1 is 1.47 bits per heavy atom. The third-order valence-electron chi connectivity index (χ3n) is 2.62. The Hall–Kier alpha value is -0.290. The van der Waals surface area contributed by atoms with E-state index in [1.165, 1.54) is 6.42 Å². The van der Waals surface area contributed by atoms with Crippen LogP contribution in [0.4, 0.5) is 0 Å². The number of amides is 1. The summed E-state index contributed by atoms with van der Waals surface area (Å²) < 4.78 is 0.913. The summed E-state index contributed by atoms with van der Waals surface area (Å²) in [5.74, 6) is 0.00860. The summed E-state index contributed by atoms with van der Waals surface area (Å²) in [6.07, 6.45) is 3.44. The highest BCUT2D eigenvalue weighted by Gasteiger charge is 2.20. The van der Waals surface area contributed by atoms with Gasteiger partial charge in [-0.1, -0.05) is 11.6 Å². The maximum Gasteiger partial charge on any atom is 0.251 e. The summed E-state index contributed by atoms with van der Waals surface area (Å²) in [6, 6.07) is 5.72. The molecule has 1 amide bonds. The van der Waals surface area contributed by atoms with Crippen LogP contribution in [0.25, 0.3) is 0 Å². The molecule has 1 aromatic rings. The van der Waals surface area contributed by atoms with Gasteiger partial charge in [0.1, 0.15) is 0 Å². The van der Waals surface area contributed by atoms with Gasteiger partial charge in [0.15, 0.2) is 0 Å². The number of nitrogens with one attached hydrogen (secondary N) is 1. The van der Waals surface area contributed by atoms with E-state index in [0.29, 0.717) is 16.6 Å². The van der Waals surface area contributed by atoms with Gasteiger partial charge in [-0.2, -0.15) is 0 Å². The third kappa shape index (κ3) is 2.64. The molecule has 15 heavy (non-hydrogen) atoms. The van der Waals surface area contributed by atoms with Gasteiger partial charge in [0.05, 0.1) is 5.02 Å². The molecule has 1 aliphatic rings. The van der Waals surface area contributed by atoms with E-state index in [1.807, 2.05) is 6.07 Å². The first kappa shape index (κ1) is 11.2. The van der Waals surface area contributed by atoms with Crippen molar-refractivity contribution in [3.63, 3.8) is 0 Å². The number of carbonyl (C=O) groups excluding carboxylic acids is 1. The van der Waals surface area contributed by atoms with Gasteiger partial charge in [0.25, 0.3) is 5.91 Å². The molecule has 2 nitrogen and oxygen atoms in total. The van der Waals surface area contributed by atoms with Gasteiger partial charge in [0.2, 0.25) is 0 Å². The normalized spacial score (nSPS) is 15.9. The zero-order valence-electron chi connectivity index (χ0n) is 8.09. The second-order valence-corrected chi connectivity index (χ2v) is 5.30. The predicted octanol–water partition coefficient (Wildman–Crippen LogP) is 3.23. The molecule has 1 fully saturated rings. The summed E-state index contributed by atoms with van der Waals surface area (Å²) in [7, 11) is 0. The molecule has 0 aromatic heterocycles. The third-order valence-corrected chi connectivity index (χ3v) is 4.16. The zero-order valence-corrected chi connectivity index (χ0v) is 11.0. The average Bonchev–Trinajstić information content (AvgIpc) is 2.15. The molecule has 0 radical (unpaired) electrons. The lowest BCUT2D eigenvalue weighted by molar-refractivity contribution is 0.0917. The van der Waals surface area contributed by atoms with E-state index in [9.17, 15) is 4.79 Å². The fourth-order valence-electron chi connectivity index (χ4n) is 1.46. The van der Waals surface area contributed by atoms with Crippen LogP contribution in [-0.2, 0) is 0 Å². The highest BCUT2D eigenvalue weighted by molar-refractivity contribution is 14.1. The van der Waals surface area contributed by atoms with Crippen LogP contribution in [-0.4, -0.2) is 11.9 Å². The quantitative estimate of drug-likeness (QED) is 0.826. The van der Waals surface area contributed by atoms with Gasteiger partial charge in [-0.3, -0.25) is 4.79 Å². The Labute approximate surface area is 108 Å². The Kier molecular flexibility index (Phi) is 3.51. The van der Waals surface area contributed by atoms with Crippen molar-refractivity contribution in [1.82, 2.24) is 5.32 Å². The molecule has 0 aliphatic heterocycles. The molecule has 1 aromatic carbocycles. The zero-order chi connectivity index (χ0) is 10.8. The van der Waals surface area contributed by atoms with E-state index in [0.717, 1.165) is 16.4 Å². The molecular formula is C11H11ClINO. The van der Waals surface area contributed by atoms with Crippen LogP contribution in [0.1, 0.15) is 29.6 Å². The van der Waals surface area contributed by atoms with E-state index >= 15 is 0 Å². The number of carbonyl (C=O) groups is 1. The average molecular weight is 336 g/mol. The molecule has 2 rings (SSSR count). The molecule has 80 valence electrons. The second kappa shape index (κ2) is 4.70. The minimum absolute atomic E-state index is 0.00860. The second-order valence-electron chi connectivity index (χ2n) is 3.73. The topological polar surface area (TPSA) is 29.1 Å². The first-order chi connectivity index (χ1) is 7.16. The lowest BCUT2D eigenvalue weighted by Gasteiger charge is -2.26. The number of benzene rings is 1. The molecule has 0 saturated heterocycles. The van der Waals surface area contributed by atoms with E-state index in [-0.39, 0.29) is 5.91 Å². The van der Waals surface area contributed by atoms with Crippen molar-refractivity contribution in [2.75, 3.05) is 0 Å². The fraction of sp³-hybridized carbons (Fsp3) is 0.364. The SMILES string of the molecule is O=C(NC1CCC1)c1ccc(Cl)c(I)c1. The van der Waals surface area contributed by atoms with Crippen molar-refractivity contribution in [2.45, 2.75) is 25.3 Å². The van der Waals surface area contributed by atoms with Crippen LogP contribution in [0.3, 0.4) is 0 Å². The van der Waals surface area contributed by atoms with E-state index in [1.54, 1.807) is 12.1 Å². The van der Waals surface area contributed by atoms with Crippen molar-refractivity contribution >= 4 is 40.1 Å². The smallest absolute Gasteiger partial charge is 0.251 e. The van der Waals surface area contributed by atoms with Crippen molar-refractivity contribution in [3.05, 3.63) is 32.4 Å². The molecule has 4 heteroatoms. The first-order valence-electron chi connectivity index (χ1n) is 4.93. The predicted molar refractivity (Wildman–Crippen MR) is 69.3 cm³/mol. The summed E-state index contributed by atoms with van der Waals surface area (Å²) >= 11 is 8.02. The van der Waals surface area contributed by atoms with Gasteiger partial charge in [-0.15, -0.1) is 0 Å². The highest BCUT2D eigenvalue weighted by Crippen LogP contribution is 2.21. The molecule has 1 N–H and O–H groups in total. The maximum absolute atomic E-state index is 11.8. The van der Waals surface area contributed by atoms with Gasteiger partial charge >= 0.3 is 0 Å². The van der Waals surface area contributed by atoms with E-state index in [2.05, 4.69) is 27.9 Å². The van der Waals surface area contributed by atoms with Crippen molar-refractivity contribution in [2.24, 2.45) is 0 Å². The lowest BCUT2D eigenvalue weighted by Crippen LogP contribution is -2.39. The largest absolute Gasteiger partial charge is 0.349 e. The van der Waals surface area contributed by atoms with E-state index in [4.69, 9.17) is 11.6 Å². The summed E-state index contributed by atoms with van der Waals surface area (Å²) in [4.78, 5) is 11.8. The number of halogens is 2. The van der Waals surface area contributed by atoms with Crippen molar-refractivity contribution in [1.29, 1.82) is 0 Å². The lowest BCUT2D eigenvalue weighted by atomic mass is 9.93. The molecule has 1 aliphatic carbocycles. The minimum Gasteiger partial charge on any atom is -0.349 e. The molecule has 0 bridgehead atoms. The summed E-state index contributed by atoms with van der Waals surface area (Å²) in [5, 5.41) is 3.68. The van der Waals surface area contributed by atoms with Crippen LogP contribution in [0, 0.1) is 3.57 Å². The number of hydrogen-bond acceptors (Lipinski definition) is 1. The van der Waals surface area contributed by atoms with Crippen LogP contribution >= 0.6 is 34.2 Å². The molecule has 1 saturated carbocycles. The monoisotopic (exact) mass is 335 g/mol. The Balaban J connectivity index is 2.07.